The fourth-order valence-corrected chi connectivity index (χ4v) is 1.81. The predicted molar refractivity (Wildman–Crippen MR) is 64.3 cm³/mol. The molecule has 1 heterocycles. The van der Waals surface area contributed by atoms with Crippen molar-refractivity contribution < 1.29 is 4.74 Å². The van der Waals surface area contributed by atoms with Gasteiger partial charge in [-0.2, -0.15) is 0 Å². The lowest BCUT2D eigenvalue weighted by atomic mass is 9.98. The van der Waals surface area contributed by atoms with E-state index >= 15 is 0 Å². The van der Waals surface area contributed by atoms with Gasteiger partial charge in [-0.05, 0) is 41.7 Å². The maximum atomic E-state index is 5.69. The Hall–Kier alpha value is -1.24. The van der Waals surface area contributed by atoms with Crippen LogP contribution < -0.4 is 4.74 Å². The minimum Gasteiger partial charge on any atom is -0.489 e. The predicted octanol–water partition coefficient (Wildman–Crippen LogP) is 4.00. The first-order valence-corrected chi connectivity index (χ1v) is 5.67. The van der Waals surface area contributed by atoms with E-state index in [4.69, 9.17) is 4.74 Å². The molecule has 15 heavy (non-hydrogen) atoms. The summed E-state index contributed by atoms with van der Waals surface area (Å²) in [5.41, 5.74) is 4.00. The number of hydrogen-bond acceptors (Lipinski definition) is 1. The van der Waals surface area contributed by atoms with E-state index < -0.39 is 0 Å². The van der Waals surface area contributed by atoms with Gasteiger partial charge in [0.15, 0.2) is 0 Å². The van der Waals surface area contributed by atoms with Crippen LogP contribution in [-0.4, -0.2) is 6.61 Å². The van der Waals surface area contributed by atoms with E-state index in [9.17, 15) is 0 Å². The number of rotatable bonds is 2. The Morgan fingerprint density at radius 2 is 2.13 bits per heavy atom. The van der Waals surface area contributed by atoms with Gasteiger partial charge in [-0.3, -0.25) is 0 Å². The molecule has 0 amide bonds. The van der Waals surface area contributed by atoms with Crippen molar-refractivity contribution in [3.8, 4) is 5.75 Å². The Morgan fingerprint density at radius 1 is 1.33 bits per heavy atom. The summed E-state index contributed by atoms with van der Waals surface area (Å²) in [4.78, 5) is 0. The molecule has 2 rings (SSSR count). The van der Waals surface area contributed by atoms with E-state index in [0.29, 0.717) is 5.92 Å². The lowest BCUT2D eigenvalue weighted by molar-refractivity contribution is 0.343. The van der Waals surface area contributed by atoms with Crippen LogP contribution in [0.5, 0.6) is 5.75 Å². The van der Waals surface area contributed by atoms with Gasteiger partial charge < -0.3 is 4.74 Å². The molecular formula is C14H18O. The molecule has 0 N–H and O–H groups in total. The molecule has 1 aliphatic rings. The molecule has 0 radical (unpaired) electrons. The lowest BCUT2D eigenvalue weighted by Gasteiger charge is -2.18. The quantitative estimate of drug-likeness (QED) is 0.704. The van der Waals surface area contributed by atoms with Crippen molar-refractivity contribution in [2.75, 3.05) is 6.61 Å². The SMILES string of the molecule is CCC1=Cc2cc(C(C)C)ccc2OC1. The van der Waals surface area contributed by atoms with Gasteiger partial charge in [0.2, 0.25) is 0 Å². The first-order valence-electron chi connectivity index (χ1n) is 5.67. The van der Waals surface area contributed by atoms with Crippen LogP contribution in [0.15, 0.2) is 23.8 Å². The molecule has 0 unspecified atom stereocenters. The van der Waals surface area contributed by atoms with Crippen molar-refractivity contribution in [2.45, 2.75) is 33.1 Å². The molecule has 0 bridgehead atoms. The smallest absolute Gasteiger partial charge is 0.127 e. The monoisotopic (exact) mass is 202 g/mol. The van der Waals surface area contributed by atoms with Crippen LogP contribution in [0.3, 0.4) is 0 Å². The Bertz CT molecular complexity index is 388. The van der Waals surface area contributed by atoms with Crippen LogP contribution in [0.25, 0.3) is 6.08 Å². The van der Waals surface area contributed by atoms with Crippen molar-refractivity contribution >= 4 is 6.08 Å². The third-order valence-electron chi connectivity index (χ3n) is 2.93. The van der Waals surface area contributed by atoms with E-state index in [1.807, 2.05) is 0 Å². The van der Waals surface area contributed by atoms with Crippen molar-refractivity contribution in [3.05, 3.63) is 34.9 Å². The third kappa shape index (κ3) is 2.06. The fraction of sp³-hybridized carbons (Fsp3) is 0.429. The summed E-state index contributed by atoms with van der Waals surface area (Å²) in [5.74, 6) is 1.60. The summed E-state index contributed by atoms with van der Waals surface area (Å²) in [6.07, 6.45) is 3.34. The lowest BCUT2D eigenvalue weighted by Crippen LogP contribution is -2.07. The highest BCUT2D eigenvalue weighted by molar-refractivity contribution is 5.63. The Labute approximate surface area is 91.8 Å². The number of ether oxygens (including phenoxy) is 1. The first kappa shape index (κ1) is 10.3. The maximum Gasteiger partial charge on any atom is 0.127 e. The highest BCUT2D eigenvalue weighted by Gasteiger charge is 2.11. The average Bonchev–Trinajstić information content (AvgIpc) is 2.27. The molecule has 0 fully saturated rings. The second-order valence-electron chi connectivity index (χ2n) is 4.40. The molecule has 1 aromatic rings. The Kier molecular flexibility index (Phi) is 2.81. The van der Waals surface area contributed by atoms with Gasteiger partial charge in [-0.25, -0.2) is 0 Å². The van der Waals surface area contributed by atoms with E-state index in [0.717, 1.165) is 18.8 Å². The zero-order chi connectivity index (χ0) is 10.8. The second-order valence-corrected chi connectivity index (χ2v) is 4.40. The van der Waals surface area contributed by atoms with E-state index in [1.54, 1.807) is 0 Å². The zero-order valence-corrected chi connectivity index (χ0v) is 9.71. The van der Waals surface area contributed by atoms with Crippen molar-refractivity contribution in [3.63, 3.8) is 0 Å². The molecule has 0 spiro atoms. The Balaban J connectivity index is 2.40. The van der Waals surface area contributed by atoms with E-state index in [2.05, 4.69) is 45.0 Å². The molecule has 0 aliphatic carbocycles. The van der Waals surface area contributed by atoms with Crippen LogP contribution >= 0.6 is 0 Å². The zero-order valence-electron chi connectivity index (χ0n) is 9.71. The van der Waals surface area contributed by atoms with Gasteiger partial charge in [0.1, 0.15) is 12.4 Å². The normalized spacial score (nSPS) is 14.5. The largest absolute Gasteiger partial charge is 0.489 e. The molecule has 1 heteroatoms. The van der Waals surface area contributed by atoms with Gasteiger partial charge in [0.25, 0.3) is 0 Å². The average molecular weight is 202 g/mol. The van der Waals surface area contributed by atoms with Crippen molar-refractivity contribution in [1.82, 2.24) is 0 Å². The van der Waals surface area contributed by atoms with Gasteiger partial charge in [-0.15, -0.1) is 0 Å². The van der Waals surface area contributed by atoms with Crippen molar-refractivity contribution in [2.24, 2.45) is 0 Å². The molecule has 0 aromatic heterocycles. The summed E-state index contributed by atoms with van der Waals surface area (Å²) in [5, 5.41) is 0. The standard InChI is InChI=1S/C14H18O/c1-4-11-7-13-8-12(10(2)3)5-6-14(13)15-9-11/h5-8,10H,4,9H2,1-3H3. The number of benzene rings is 1. The third-order valence-corrected chi connectivity index (χ3v) is 2.93. The van der Waals surface area contributed by atoms with Crippen molar-refractivity contribution in [1.29, 1.82) is 0 Å². The summed E-state index contributed by atoms with van der Waals surface area (Å²) in [6, 6.07) is 6.50. The van der Waals surface area contributed by atoms with Crippen LogP contribution in [0.1, 0.15) is 44.2 Å². The van der Waals surface area contributed by atoms with E-state index in [-0.39, 0.29) is 0 Å². The Morgan fingerprint density at radius 3 is 2.80 bits per heavy atom. The van der Waals surface area contributed by atoms with Gasteiger partial charge in [0.05, 0.1) is 0 Å². The second kappa shape index (κ2) is 4.09. The summed E-state index contributed by atoms with van der Waals surface area (Å²) in [6.45, 7) is 7.36. The van der Waals surface area contributed by atoms with Crippen LogP contribution in [0.4, 0.5) is 0 Å². The molecule has 0 atom stereocenters. The maximum absolute atomic E-state index is 5.69. The van der Waals surface area contributed by atoms with Gasteiger partial charge >= 0.3 is 0 Å². The minimum atomic E-state index is 0.579. The van der Waals surface area contributed by atoms with Crippen LogP contribution in [-0.2, 0) is 0 Å². The van der Waals surface area contributed by atoms with Crippen LogP contribution in [0, 0.1) is 0 Å². The highest BCUT2D eigenvalue weighted by atomic mass is 16.5. The molecule has 1 nitrogen and oxygen atoms in total. The fourth-order valence-electron chi connectivity index (χ4n) is 1.81. The molecule has 1 aliphatic heterocycles. The molecule has 1 aromatic carbocycles. The first-order chi connectivity index (χ1) is 7.20. The van der Waals surface area contributed by atoms with Crippen LogP contribution in [0.2, 0.25) is 0 Å². The summed E-state index contributed by atoms with van der Waals surface area (Å²) >= 11 is 0. The van der Waals surface area contributed by atoms with Gasteiger partial charge in [0, 0.05) is 5.56 Å². The van der Waals surface area contributed by atoms with Gasteiger partial charge in [-0.1, -0.05) is 26.8 Å². The molecular weight excluding hydrogens is 184 g/mol. The topological polar surface area (TPSA) is 9.23 Å². The minimum absolute atomic E-state index is 0.579. The molecule has 80 valence electrons. The highest BCUT2D eigenvalue weighted by Crippen LogP contribution is 2.30. The molecule has 0 saturated heterocycles. The van der Waals surface area contributed by atoms with E-state index in [1.165, 1.54) is 16.7 Å². The summed E-state index contributed by atoms with van der Waals surface area (Å²) in [7, 11) is 0. The summed E-state index contributed by atoms with van der Waals surface area (Å²) < 4.78 is 5.69. The number of fused-ring (bicyclic) bond motifs is 1. The number of hydrogen-bond donors (Lipinski definition) is 0. The molecule has 0 saturated carbocycles.